The van der Waals surface area contributed by atoms with Crippen molar-refractivity contribution in [2.75, 3.05) is 13.2 Å². The molecule has 0 saturated carbocycles. The summed E-state index contributed by atoms with van der Waals surface area (Å²) >= 11 is 3.39. The summed E-state index contributed by atoms with van der Waals surface area (Å²) < 4.78 is 6.24. The van der Waals surface area contributed by atoms with Crippen molar-refractivity contribution in [1.29, 1.82) is 0 Å². The minimum Gasteiger partial charge on any atom is -0.381 e. The number of halogens is 1. The minimum atomic E-state index is 0.589. The summed E-state index contributed by atoms with van der Waals surface area (Å²) in [6, 6.07) is 6.10. The van der Waals surface area contributed by atoms with E-state index in [1.807, 2.05) is 12.1 Å². The molecule has 1 aliphatic rings. The van der Waals surface area contributed by atoms with E-state index in [4.69, 9.17) is 4.74 Å². The van der Waals surface area contributed by atoms with E-state index in [1.54, 1.807) is 0 Å². The van der Waals surface area contributed by atoms with Gasteiger partial charge in [-0.05, 0) is 40.9 Å². The molecule has 0 atom stereocenters. The number of nitrogens with zero attached hydrogens (tertiary/aromatic N) is 1. The van der Waals surface area contributed by atoms with Crippen LogP contribution >= 0.6 is 15.9 Å². The molecular weight excluding hydrogens is 230 g/mol. The van der Waals surface area contributed by atoms with Gasteiger partial charge in [0, 0.05) is 24.8 Å². The van der Waals surface area contributed by atoms with Crippen LogP contribution in [0.15, 0.2) is 22.8 Å². The Balaban J connectivity index is 2.14. The molecule has 2 heterocycles. The second kappa shape index (κ2) is 4.20. The predicted molar refractivity (Wildman–Crippen MR) is 54.7 cm³/mol. The second-order valence-corrected chi connectivity index (χ2v) is 4.08. The van der Waals surface area contributed by atoms with Crippen LogP contribution in [-0.4, -0.2) is 18.2 Å². The van der Waals surface area contributed by atoms with Crippen LogP contribution in [-0.2, 0) is 4.74 Å². The molecule has 1 fully saturated rings. The van der Waals surface area contributed by atoms with E-state index in [-0.39, 0.29) is 0 Å². The fourth-order valence-corrected chi connectivity index (χ4v) is 2.00. The molecule has 1 aromatic heterocycles. The van der Waals surface area contributed by atoms with E-state index in [9.17, 15) is 0 Å². The van der Waals surface area contributed by atoms with Gasteiger partial charge in [0.1, 0.15) is 4.60 Å². The molecule has 0 amide bonds. The molecule has 0 radical (unpaired) electrons. The van der Waals surface area contributed by atoms with Gasteiger partial charge in [0.05, 0.1) is 0 Å². The number of hydrogen-bond donors (Lipinski definition) is 0. The first-order valence-electron chi connectivity index (χ1n) is 4.56. The number of rotatable bonds is 1. The average Bonchev–Trinajstić information content (AvgIpc) is 2.19. The van der Waals surface area contributed by atoms with E-state index in [0.29, 0.717) is 5.92 Å². The lowest BCUT2D eigenvalue weighted by atomic mass is 9.96. The molecule has 13 heavy (non-hydrogen) atoms. The molecule has 1 aromatic rings. The fraction of sp³-hybridized carbons (Fsp3) is 0.500. The van der Waals surface area contributed by atoms with Gasteiger partial charge in [-0.3, -0.25) is 0 Å². The topological polar surface area (TPSA) is 22.1 Å². The maximum Gasteiger partial charge on any atom is 0.106 e. The maximum absolute atomic E-state index is 5.31. The number of ether oxygens (including phenoxy) is 1. The van der Waals surface area contributed by atoms with Crippen LogP contribution < -0.4 is 0 Å². The Bertz CT molecular complexity index is 284. The standard InChI is InChI=1S/C10H12BrNO/c11-10-3-1-2-9(12-10)8-4-6-13-7-5-8/h1-3,8H,4-7H2. The zero-order chi connectivity index (χ0) is 9.10. The zero-order valence-corrected chi connectivity index (χ0v) is 8.96. The molecule has 1 saturated heterocycles. The number of pyridine rings is 1. The molecule has 0 N–H and O–H groups in total. The first kappa shape index (κ1) is 9.16. The highest BCUT2D eigenvalue weighted by Gasteiger charge is 2.16. The Kier molecular flexibility index (Phi) is 2.96. The Morgan fingerprint density at radius 2 is 2.08 bits per heavy atom. The zero-order valence-electron chi connectivity index (χ0n) is 7.37. The SMILES string of the molecule is Brc1cccc(C2CCOCC2)n1. The Hall–Kier alpha value is -0.410. The number of hydrogen-bond acceptors (Lipinski definition) is 2. The highest BCUT2D eigenvalue weighted by molar-refractivity contribution is 9.10. The van der Waals surface area contributed by atoms with Crippen molar-refractivity contribution in [3.8, 4) is 0 Å². The van der Waals surface area contributed by atoms with Crippen LogP contribution in [0.4, 0.5) is 0 Å². The molecule has 0 aliphatic carbocycles. The van der Waals surface area contributed by atoms with Crippen molar-refractivity contribution in [3.05, 3.63) is 28.5 Å². The van der Waals surface area contributed by atoms with Gasteiger partial charge in [-0.25, -0.2) is 4.98 Å². The van der Waals surface area contributed by atoms with E-state index in [0.717, 1.165) is 30.7 Å². The maximum atomic E-state index is 5.31. The highest BCUT2D eigenvalue weighted by Crippen LogP contribution is 2.25. The smallest absolute Gasteiger partial charge is 0.106 e. The summed E-state index contributed by atoms with van der Waals surface area (Å²) in [6.45, 7) is 1.75. The average molecular weight is 242 g/mol. The third-order valence-electron chi connectivity index (χ3n) is 2.38. The first-order chi connectivity index (χ1) is 6.36. The van der Waals surface area contributed by atoms with E-state index in [2.05, 4.69) is 27.0 Å². The third kappa shape index (κ3) is 2.29. The van der Waals surface area contributed by atoms with Crippen LogP contribution in [0.5, 0.6) is 0 Å². The predicted octanol–water partition coefficient (Wildman–Crippen LogP) is 2.74. The van der Waals surface area contributed by atoms with Gasteiger partial charge in [0.15, 0.2) is 0 Å². The minimum absolute atomic E-state index is 0.589. The lowest BCUT2D eigenvalue weighted by Crippen LogP contribution is -2.15. The molecule has 0 unspecified atom stereocenters. The Labute approximate surface area is 86.5 Å². The van der Waals surface area contributed by atoms with Gasteiger partial charge >= 0.3 is 0 Å². The van der Waals surface area contributed by atoms with Crippen LogP contribution in [0.25, 0.3) is 0 Å². The summed E-state index contributed by atoms with van der Waals surface area (Å²) in [5, 5.41) is 0. The normalized spacial score (nSPS) is 18.8. The molecule has 2 rings (SSSR count). The fourth-order valence-electron chi connectivity index (χ4n) is 1.64. The van der Waals surface area contributed by atoms with Gasteiger partial charge in [-0.15, -0.1) is 0 Å². The monoisotopic (exact) mass is 241 g/mol. The lowest BCUT2D eigenvalue weighted by Gasteiger charge is -2.21. The van der Waals surface area contributed by atoms with Gasteiger partial charge in [0.2, 0.25) is 0 Å². The molecule has 0 spiro atoms. The molecule has 0 bridgehead atoms. The summed E-state index contributed by atoms with van der Waals surface area (Å²) in [4.78, 5) is 4.46. The van der Waals surface area contributed by atoms with Crippen molar-refractivity contribution in [2.24, 2.45) is 0 Å². The molecule has 1 aliphatic heterocycles. The summed E-state index contributed by atoms with van der Waals surface area (Å²) in [5.74, 6) is 0.589. The lowest BCUT2D eigenvalue weighted by molar-refractivity contribution is 0.0845. The van der Waals surface area contributed by atoms with Crippen LogP contribution in [0.3, 0.4) is 0 Å². The highest BCUT2D eigenvalue weighted by atomic mass is 79.9. The Morgan fingerprint density at radius 1 is 1.31 bits per heavy atom. The van der Waals surface area contributed by atoms with Crippen LogP contribution in [0.2, 0.25) is 0 Å². The Morgan fingerprint density at radius 3 is 2.77 bits per heavy atom. The van der Waals surface area contributed by atoms with Crippen molar-refractivity contribution in [2.45, 2.75) is 18.8 Å². The van der Waals surface area contributed by atoms with Crippen molar-refractivity contribution in [1.82, 2.24) is 4.98 Å². The largest absolute Gasteiger partial charge is 0.381 e. The molecule has 2 nitrogen and oxygen atoms in total. The van der Waals surface area contributed by atoms with Gasteiger partial charge in [-0.1, -0.05) is 6.07 Å². The molecule has 3 heteroatoms. The summed E-state index contributed by atoms with van der Waals surface area (Å²) in [7, 11) is 0. The van der Waals surface area contributed by atoms with Crippen molar-refractivity contribution >= 4 is 15.9 Å². The van der Waals surface area contributed by atoms with E-state index < -0.39 is 0 Å². The molecule has 0 aromatic carbocycles. The van der Waals surface area contributed by atoms with Crippen molar-refractivity contribution in [3.63, 3.8) is 0 Å². The van der Waals surface area contributed by atoms with Crippen molar-refractivity contribution < 1.29 is 4.74 Å². The van der Waals surface area contributed by atoms with Crippen LogP contribution in [0, 0.1) is 0 Å². The van der Waals surface area contributed by atoms with Gasteiger partial charge in [-0.2, -0.15) is 0 Å². The van der Waals surface area contributed by atoms with Gasteiger partial charge < -0.3 is 4.74 Å². The molecule has 70 valence electrons. The number of aromatic nitrogens is 1. The first-order valence-corrected chi connectivity index (χ1v) is 5.36. The summed E-state index contributed by atoms with van der Waals surface area (Å²) in [5.41, 5.74) is 1.19. The van der Waals surface area contributed by atoms with E-state index >= 15 is 0 Å². The quantitative estimate of drug-likeness (QED) is 0.706. The second-order valence-electron chi connectivity index (χ2n) is 3.27. The third-order valence-corrected chi connectivity index (χ3v) is 2.82. The van der Waals surface area contributed by atoms with Gasteiger partial charge in [0.25, 0.3) is 0 Å². The van der Waals surface area contributed by atoms with Crippen LogP contribution in [0.1, 0.15) is 24.5 Å². The van der Waals surface area contributed by atoms with E-state index in [1.165, 1.54) is 5.69 Å². The molecular formula is C10H12BrNO. The summed E-state index contributed by atoms with van der Waals surface area (Å²) in [6.07, 6.45) is 2.20.